The normalized spacial score (nSPS) is 12.5. The number of hydrogen-bond acceptors (Lipinski definition) is 9. The minimum atomic E-state index is -1.37. The van der Waals surface area contributed by atoms with E-state index in [-0.39, 0.29) is 18.5 Å². The smallest absolute Gasteiger partial charge is 0.222 e. The fourth-order valence-electron chi connectivity index (χ4n) is 3.17. The molecule has 10 nitrogen and oxygen atoms in total. The first-order valence-electron chi connectivity index (χ1n) is 10.9. The topological polar surface area (TPSA) is 134 Å². The fourth-order valence-corrected chi connectivity index (χ4v) is 4.45. The van der Waals surface area contributed by atoms with Crippen LogP contribution in [0.1, 0.15) is 32.0 Å². The zero-order valence-electron chi connectivity index (χ0n) is 20.0. The number of aromatic nitrogens is 6. The highest BCUT2D eigenvalue weighted by Gasteiger charge is 2.32. The van der Waals surface area contributed by atoms with Gasteiger partial charge in [-0.1, -0.05) is 0 Å². The van der Waals surface area contributed by atoms with E-state index in [1.165, 1.54) is 18.7 Å². The Hall–Kier alpha value is -3.15. The lowest BCUT2D eigenvalue weighted by Gasteiger charge is -2.25. The Kier molecular flexibility index (Phi) is 7.29. The molecule has 1 atom stereocenters. The summed E-state index contributed by atoms with van der Waals surface area (Å²) in [5.74, 6) is 2.26. The van der Waals surface area contributed by atoms with Gasteiger partial charge < -0.3 is 19.3 Å². The summed E-state index contributed by atoms with van der Waals surface area (Å²) in [6, 6.07) is 3.60. The molecule has 0 saturated heterocycles. The molecule has 4 aromatic rings. The van der Waals surface area contributed by atoms with E-state index < -0.39 is 15.9 Å². The van der Waals surface area contributed by atoms with Crippen LogP contribution in [0, 0.1) is 13.8 Å². The lowest BCUT2D eigenvalue weighted by atomic mass is 10.2. The van der Waals surface area contributed by atoms with Crippen molar-refractivity contribution >= 4 is 45.3 Å². The predicted molar refractivity (Wildman–Crippen MR) is 135 cm³/mol. The maximum Gasteiger partial charge on any atom is 0.222 e. The van der Waals surface area contributed by atoms with Crippen LogP contribution in [-0.4, -0.2) is 52.6 Å². The Morgan fingerprint density at radius 2 is 1.77 bits per heavy atom. The lowest BCUT2D eigenvalue weighted by molar-refractivity contribution is 0.213. The van der Waals surface area contributed by atoms with Crippen LogP contribution in [0.2, 0.25) is 5.28 Å². The molecule has 4 rings (SSSR count). The van der Waals surface area contributed by atoms with E-state index >= 15 is 0 Å². The van der Waals surface area contributed by atoms with E-state index in [1.54, 1.807) is 6.07 Å². The molecular formula is C23H26ClN7O3S. The summed E-state index contributed by atoms with van der Waals surface area (Å²) in [4.78, 5) is 17.1. The number of nitrogens with one attached hydrogen (secondary N) is 2. The average Bonchev–Trinajstić information content (AvgIpc) is 3.14. The molecule has 184 valence electrons. The van der Waals surface area contributed by atoms with E-state index in [0.29, 0.717) is 33.1 Å². The number of fused-ring (bicyclic) bond motifs is 1. The number of nitrogens with zero attached hydrogens (tertiary/aromatic N) is 5. The third-order valence-corrected chi connectivity index (χ3v) is 7.19. The second-order valence-electron chi connectivity index (χ2n) is 8.74. The van der Waals surface area contributed by atoms with Crippen LogP contribution in [0.4, 0.5) is 11.6 Å². The first-order chi connectivity index (χ1) is 16.6. The Labute approximate surface area is 211 Å². The molecule has 0 radical (unpaired) electrons. The molecule has 2 N–H and O–H groups in total. The quantitative estimate of drug-likeness (QED) is 0.197. The predicted octanol–water partition coefficient (Wildman–Crippen LogP) is 4.52. The number of hydrogen-bond donors (Lipinski definition) is 2. The van der Waals surface area contributed by atoms with Gasteiger partial charge in [0.05, 0.1) is 23.6 Å². The number of aryl methyl sites for hydroxylation is 1. The summed E-state index contributed by atoms with van der Waals surface area (Å²) in [5.41, 5.74) is 2.53. The van der Waals surface area contributed by atoms with Gasteiger partial charge in [-0.05, 0) is 57.4 Å². The van der Waals surface area contributed by atoms with Gasteiger partial charge in [-0.25, -0.2) is 19.9 Å². The van der Waals surface area contributed by atoms with Crippen molar-refractivity contribution in [2.45, 2.75) is 44.3 Å². The van der Waals surface area contributed by atoms with E-state index in [0.717, 1.165) is 17.1 Å². The minimum Gasteiger partial charge on any atom is -0.611 e. The third kappa shape index (κ3) is 5.75. The third-order valence-electron chi connectivity index (χ3n) is 5.16. The van der Waals surface area contributed by atoms with Crippen LogP contribution in [0.5, 0.6) is 11.5 Å². The molecule has 0 aliphatic carbocycles. The summed E-state index contributed by atoms with van der Waals surface area (Å²) in [5, 5.41) is 11.3. The largest absolute Gasteiger partial charge is 0.611 e. The van der Waals surface area contributed by atoms with Crippen LogP contribution in [-0.2, 0) is 11.2 Å². The molecule has 3 heterocycles. The summed E-state index contributed by atoms with van der Waals surface area (Å²) in [6.45, 7) is 10.1. The van der Waals surface area contributed by atoms with E-state index in [9.17, 15) is 4.55 Å². The summed E-state index contributed by atoms with van der Waals surface area (Å²) in [6.07, 6.45) is 4.44. The number of anilines is 2. The number of benzene rings is 1. The monoisotopic (exact) mass is 515 g/mol. The van der Waals surface area contributed by atoms with E-state index in [2.05, 4.69) is 35.5 Å². The van der Waals surface area contributed by atoms with Gasteiger partial charge in [0.15, 0.2) is 16.4 Å². The van der Waals surface area contributed by atoms with Gasteiger partial charge in [0.25, 0.3) is 0 Å². The molecule has 0 saturated carbocycles. The van der Waals surface area contributed by atoms with Crippen molar-refractivity contribution in [1.29, 1.82) is 0 Å². The van der Waals surface area contributed by atoms with Crippen molar-refractivity contribution in [3.63, 3.8) is 0 Å². The Bertz CT molecular complexity index is 1330. The molecule has 0 fully saturated rings. The molecule has 0 bridgehead atoms. The lowest BCUT2D eigenvalue weighted by Crippen LogP contribution is -2.28. The summed E-state index contributed by atoms with van der Waals surface area (Å²) in [7, 11) is 0. The second kappa shape index (κ2) is 10.2. The fraction of sp³-hybridized carbons (Fsp3) is 0.348. The van der Waals surface area contributed by atoms with Crippen molar-refractivity contribution in [3.05, 3.63) is 47.4 Å². The van der Waals surface area contributed by atoms with Crippen LogP contribution in [0.25, 0.3) is 10.9 Å². The molecule has 0 spiro atoms. The Morgan fingerprint density at radius 3 is 2.43 bits per heavy atom. The van der Waals surface area contributed by atoms with Crippen molar-refractivity contribution < 1.29 is 14.0 Å². The highest BCUT2D eigenvalue weighted by Crippen LogP contribution is 2.37. The van der Waals surface area contributed by atoms with Crippen molar-refractivity contribution in [2.75, 3.05) is 18.5 Å². The molecule has 0 aliphatic heterocycles. The SMILES string of the molecule is Cc1n[nH]c(Nc2ncnc3cc(OCCOc4cnc(Cl)nc4)c([S+]([O-])C(C)(C)C)cc23)c1C. The van der Waals surface area contributed by atoms with Gasteiger partial charge in [-0.15, -0.1) is 0 Å². The highest BCUT2D eigenvalue weighted by molar-refractivity contribution is 7.92. The minimum absolute atomic E-state index is 0.146. The highest BCUT2D eigenvalue weighted by atomic mass is 35.5. The number of ether oxygens (including phenoxy) is 2. The molecule has 0 aliphatic rings. The number of rotatable bonds is 8. The van der Waals surface area contributed by atoms with Crippen molar-refractivity contribution in [3.8, 4) is 11.5 Å². The van der Waals surface area contributed by atoms with E-state index in [4.69, 9.17) is 21.1 Å². The second-order valence-corrected chi connectivity index (χ2v) is 11.3. The van der Waals surface area contributed by atoms with Crippen LogP contribution < -0.4 is 14.8 Å². The van der Waals surface area contributed by atoms with Crippen LogP contribution in [0.15, 0.2) is 35.7 Å². The Balaban J connectivity index is 1.62. The maximum atomic E-state index is 13.4. The molecular weight excluding hydrogens is 490 g/mol. The Morgan fingerprint density at radius 1 is 1.06 bits per heavy atom. The molecule has 12 heteroatoms. The maximum absolute atomic E-state index is 13.4. The molecule has 1 aromatic carbocycles. The van der Waals surface area contributed by atoms with Crippen LogP contribution >= 0.6 is 11.6 Å². The summed E-state index contributed by atoms with van der Waals surface area (Å²) >= 11 is 4.33. The van der Waals surface area contributed by atoms with Crippen LogP contribution in [0.3, 0.4) is 0 Å². The van der Waals surface area contributed by atoms with Gasteiger partial charge >= 0.3 is 0 Å². The number of halogens is 1. The van der Waals surface area contributed by atoms with Gasteiger partial charge in [0, 0.05) is 23.1 Å². The molecule has 0 amide bonds. The summed E-state index contributed by atoms with van der Waals surface area (Å²) < 4.78 is 24.5. The molecule has 1 unspecified atom stereocenters. The average molecular weight is 516 g/mol. The first-order valence-corrected chi connectivity index (χ1v) is 12.4. The zero-order chi connectivity index (χ0) is 25.2. The van der Waals surface area contributed by atoms with Gasteiger partial charge in [0.1, 0.15) is 35.9 Å². The zero-order valence-corrected chi connectivity index (χ0v) is 21.6. The number of H-pyrrole nitrogens is 1. The first kappa shape index (κ1) is 25.0. The van der Waals surface area contributed by atoms with Gasteiger partial charge in [-0.2, -0.15) is 5.10 Å². The van der Waals surface area contributed by atoms with E-state index in [1.807, 2.05) is 40.7 Å². The number of aromatic amines is 1. The van der Waals surface area contributed by atoms with Crippen molar-refractivity contribution in [1.82, 2.24) is 30.1 Å². The van der Waals surface area contributed by atoms with Gasteiger partial charge in [0.2, 0.25) is 5.28 Å². The molecule has 3 aromatic heterocycles. The van der Waals surface area contributed by atoms with Crippen molar-refractivity contribution in [2.24, 2.45) is 0 Å². The standard InChI is InChI=1S/C23H26ClN7O3S/c1-13-14(2)30-31-20(13)29-21-16-8-19(35(32)23(3,4)5)18(9-17(16)27-12-28-21)34-7-6-33-15-10-25-22(24)26-11-15/h8-12H,6-7H2,1-5H3,(H2,27,28,29,30,31). The van der Waals surface area contributed by atoms with Gasteiger partial charge in [-0.3, -0.25) is 5.10 Å². The molecule has 35 heavy (non-hydrogen) atoms.